The molecule has 1 saturated carbocycles. The summed E-state index contributed by atoms with van der Waals surface area (Å²) in [5.74, 6) is -0.131. The van der Waals surface area contributed by atoms with Crippen LogP contribution in [0, 0.1) is 12.8 Å². The van der Waals surface area contributed by atoms with Crippen LogP contribution in [0.5, 0.6) is 0 Å². The molecule has 2 atom stereocenters. The minimum absolute atomic E-state index is 0.0809. The van der Waals surface area contributed by atoms with Crippen LogP contribution in [0.3, 0.4) is 0 Å². The van der Waals surface area contributed by atoms with Crippen molar-refractivity contribution < 1.29 is 9.59 Å². The summed E-state index contributed by atoms with van der Waals surface area (Å²) in [6, 6.07) is 9.18. The number of benzene rings is 1. The maximum Gasteiger partial charge on any atom is 0.313 e. The van der Waals surface area contributed by atoms with Crippen LogP contribution in [0.25, 0.3) is 11.3 Å². The molecule has 0 spiro atoms. The highest BCUT2D eigenvalue weighted by Gasteiger charge is 2.25. The van der Waals surface area contributed by atoms with Gasteiger partial charge in [-0.05, 0) is 43.9 Å². The Kier molecular flexibility index (Phi) is 5.61. The molecule has 0 radical (unpaired) electrons. The number of hydrogen-bond acceptors (Lipinski definition) is 4. The van der Waals surface area contributed by atoms with Gasteiger partial charge in [0.25, 0.3) is 0 Å². The van der Waals surface area contributed by atoms with E-state index in [2.05, 4.69) is 27.5 Å². The van der Waals surface area contributed by atoms with Crippen LogP contribution >= 0.6 is 0 Å². The Morgan fingerprint density at radius 1 is 1.12 bits per heavy atom. The third kappa shape index (κ3) is 4.45. The molecule has 1 aliphatic carbocycles. The summed E-state index contributed by atoms with van der Waals surface area (Å²) in [6.45, 7) is 3.95. The van der Waals surface area contributed by atoms with Gasteiger partial charge in [0, 0.05) is 23.5 Å². The Balaban J connectivity index is 1.65. The molecular formula is C20H24N4O2. The highest BCUT2D eigenvalue weighted by Crippen LogP contribution is 2.24. The van der Waals surface area contributed by atoms with Crippen LogP contribution < -0.4 is 10.6 Å². The number of carbonyl (C=O) groups excluding carboxylic acids is 2. The van der Waals surface area contributed by atoms with Crippen molar-refractivity contribution >= 4 is 17.5 Å². The number of hydrogen-bond donors (Lipinski definition) is 2. The first-order chi connectivity index (χ1) is 12.5. The average molecular weight is 352 g/mol. The largest absolute Gasteiger partial charge is 0.345 e. The van der Waals surface area contributed by atoms with E-state index in [1.54, 1.807) is 18.3 Å². The summed E-state index contributed by atoms with van der Waals surface area (Å²) in [5, 5.41) is 5.55. The number of rotatable bonds is 3. The number of amides is 2. The number of aryl methyl sites for hydroxylation is 1. The molecule has 0 unspecified atom stereocenters. The van der Waals surface area contributed by atoms with Gasteiger partial charge in [-0.2, -0.15) is 0 Å². The van der Waals surface area contributed by atoms with Crippen molar-refractivity contribution in [1.29, 1.82) is 0 Å². The molecule has 1 aliphatic rings. The molecule has 0 aliphatic heterocycles. The van der Waals surface area contributed by atoms with Gasteiger partial charge in [-0.25, -0.2) is 9.97 Å². The molecule has 6 heteroatoms. The minimum Gasteiger partial charge on any atom is -0.345 e. The van der Waals surface area contributed by atoms with Crippen molar-refractivity contribution in [3.63, 3.8) is 0 Å². The van der Waals surface area contributed by atoms with Gasteiger partial charge in [-0.1, -0.05) is 31.9 Å². The number of nitrogens with one attached hydrogen (secondary N) is 2. The summed E-state index contributed by atoms with van der Waals surface area (Å²) in [4.78, 5) is 32.9. The van der Waals surface area contributed by atoms with Crippen LogP contribution in [-0.4, -0.2) is 27.8 Å². The quantitative estimate of drug-likeness (QED) is 0.832. The van der Waals surface area contributed by atoms with E-state index in [-0.39, 0.29) is 6.04 Å². The van der Waals surface area contributed by atoms with Gasteiger partial charge in [0.1, 0.15) is 5.82 Å². The fourth-order valence-electron chi connectivity index (χ4n) is 3.33. The smallest absolute Gasteiger partial charge is 0.313 e. The van der Waals surface area contributed by atoms with Crippen molar-refractivity contribution in [2.24, 2.45) is 5.92 Å². The molecule has 2 N–H and O–H groups in total. The molecule has 0 saturated heterocycles. The van der Waals surface area contributed by atoms with Crippen LogP contribution in [0.15, 0.2) is 36.5 Å². The minimum atomic E-state index is -0.640. The number of carbonyl (C=O) groups is 2. The lowest BCUT2D eigenvalue weighted by molar-refractivity contribution is -0.137. The molecule has 136 valence electrons. The van der Waals surface area contributed by atoms with Gasteiger partial charge >= 0.3 is 11.8 Å². The molecule has 2 amide bonds. The topological polar surface area (TPSA) is 84.0 Å². The molecule has 1 aromatic carbocycles. The summed E-state index contributed by atoms with van der Waals surface area (Å²) < 4.78 is 0. The summed E-state index contributed by atoms with van der Waals surface area (Å²) >= 11 is 0. The molecule has 2 aromatic rings. The lowest BCUT2D eigenvalue weighted by Gasteiger charge is -2.29. The highest BCUT2D eigenvalue weighted by molar-refractivity contribution is 6.39. The summed E-state index contributed by atoms with van der Waals surface area (Å²) in [5.41, 5.74) is 2.19. The zero-order valence-electron chi connectivity index (χ0n) is 15.2. The second-order valence-electron chi connectivity index (χ2n) is 6.87. The van der Waals surface area contributed by atoms with Crippen LogP contribution in [0.2, 0.25) is 0 Å². The number of anilines is 1. The van der Waals surface area contributed by atoms with Crippen LogP contribution in [0.1, 0.15) is 38.4 Å². The molecule has 0 bridgehead atoms. The molecule has 3 rings (SSSR count). The second-order valence-corrected chi connectivity index (χ2v) is 6.87. The van der Waals surface area contributed by atoms with Gasteiger partial charge < -0.3 is 10.6 Å². The fraction of sp³-hybridized carbons (Fsp3) is 0.400. The Labute approximate surface area is 153 Å². The zero-order chi connectivity index (χ0) is 18.5. The van der Waals surface area contributed by atoms with Gasteiger partial charge in [0.05, 0.1) is 5.69 Å². The van der Waals surface area contributed by atoms with Gasteiger partial charge in [-0.15, -0.1) is 0 Å². The first kappa shape index (κ1) is 18.0. The van der Waals surface area contributed by atoms with Gasteiger partial charge in [0.15, 0.2) is 0 Å². The van der Waals surface area contributed by atoms with Crippen molar-refractivity contribution in [3.8, 4) is 11.3 Å². The summed E-state index contributed by atoms with van der Waals surface area (Å²) in [7, 11) is 0. The molecule has 1 heterocycles. The third-order valence-corrected chi connectivity index (χ3v) is 4.83. The van der Waals surface area contributed by atoms with E-state index < -0.39 is 11.8 Å². The molecule has 1 aromatic heterocycles. The van der Waals surface area contributed by atoms with E-state index in [1.165, 1.54) is 6.42 Å². The fourth-order valence-corrected chi connectivity index (χ4v) is 3.33. The van der Waals surface area contributed by atoms with Crippen molar-refractivity contribution in [1.82, 2.24) is 15.3 Å². The normalized spacial score (nSPS) is 19.6. The van der Waals surface area contributed by atoms with E-state index in [0.717, 1.165) is 30.5 Å². The average Bonchev–Trinajstić information content (AvgIpc) is 2.64. The van der Waals surface area contributed by atoms with Crippen molar-refractivity contribution in [2.45, 2.75) is 45.6 Å². The van der Waals surface area contributed by atoms with E-state index in [0.29, 0.717) is 17.4 Å². The van der Waals surface area contributed by atoms with E-state index in [1.807, 2.05) is 25.1 Å². The van der Waals surface area contributed by atoms with Crippen molar-refractivity contribution in [3.05, 3.63) is 42.4 Å². The molecule has 6 nitrogen and oxygen atoms in total. The van der Waals surface area contributed by atoms with Crippen LogP contribution in [0.4, 0.5) is 5.69 Å². The zero-order valence-corrected chi connectivity index (χ0v) is 15.2. The number of aromatic nitrogens is 2. The molecule has 1 fully saturated rings. The lowest BCUT2D eigenvalue weighted by atomic mass is 9.86. The van der Waals surface area contributed by atoms with E-state index in [9.17, 15) is 9.59 Å². The first-order valence-corrected chi connectivity index (χ1v) is 9.05. The van der Waals surface area contributed by atoms with Gasteiger partial charge in [-0.3, -0.25) is 9.59 Å². The standard InChI is InChI=1S/C20H24N4O2/c1-13-6-3-4-9-17(13)24-20(26)19(25)23-16-8-5-7-15(12-16)18-10-11-21-14(2)22-18/h5,7-8,10-13,17H,3-4,6,9H2,1-2H3,(H,23,25)(H,24,26)/t13-,17+/m0/s1. The predicted octanol–water partition coefficient (Wildman–Crippen LogP) is 3.09. The Bertz CT molecular complexity index is 806. The highest BCUT2D eigenvalue weighted by atomic mass is 16.2. The van der Waals surface area contributed by atoms with E-state index in [4.69, 9.17) is 0 Å². The second kappa shape index (κ2) is 8.08. The maximum absolute atomic E-state index is 12.2. The SMILES string of the molecule is Cc1nccc(-c2cccc(NC(=O)C(=O)N[C@@H]3CCCC[C@@H]3C)c2)n1. The maximum atomic E-state index is 12.2. The monoisotopic (exact) mass is 352 g/mol. The number of nitrogens with zero attached hydrogens (tertiary/aromatic N) is 2. The Hall–Kier alpha value is -2.76. The van der Waals surface area contributed by atoms with Crippen LogP contribution in [-0.2, 0) is 9.59 Å². The Morgan fingerprint density at radius 2 is 1.92 bits per heavy atom. The van der Waals surface area contributed by atoms with E-state index >= 15 is 0 Å². The van der Waals surface area contributed by atoms with Gasteiger partial charge in [0.2, 0.25) is 0 Å². The van der Waals surface area contributed by atoms with Crippen molar-refractivity contribution in [2.75, 3.05) is 5.32 Å². The predicted molar refractivity (Wildman–Crippen MR) is 100 cm³/mol. The third-order valence-electron chi connectivity index (χ3n) is 4.83. The Morgan fingerprint density at radius 3 is 2.69 bits per heavy atom. The molecule has 26 heavy (non-hydrogen) atoms. The summed E-state index contributed by atoms with van der Waals surface area (Å²) in [6.07, 6.45) is 6.00. The molecular weight excluding hydrogens is 328 g/mol. The lowest BCUT2D eigenvalue weighted by Crippen LogP contribution is -2.45. The first-order valence-electron chi connectivity index (χ1n) is 9.05.